The fraction of sp³-hybridized carbons (Fsp3) is 0.643. The zero-order valence-corrected chi connectivity index (χ0v) is 11.8. The zero-order valence-electron chi connectivity index (χ0n) is 11.0. The molecule has 2 unspecified atom stereocenters. The van der Waals surface area contributed by atoms with Crippen LogP contribution in [0.5, 0.6) is 0 Å². The molecule has 0 aromatic carbocycles. The summed E-state index contributed by atoms with van der Waals surface area (Å²) in [5, 5.41) is 17.1. The van der Waals surface area contributed by atoms with E-state index in [1.54, 1.807) is 0 Å². The summed E-state index contributed by atoms with van der Waals surface area (Å²) in [4.78, 5) is 12.0. The maximum absolute atomic E-state index is 12.0. The Bertz CT molecular complexity index is 429. The van der Waals surface area contributed by atoms with Crippen molar-refractivity contribution in [2.24, 2.45) is 5.92 Å². The van der Waals surface area contributed by atoms with Gasteiger partial charge in [0.15, 0.2) is 0 Å². The zero-order chi connectivity index (χ0) is 13.2. The van der Waals surface area contributed by atoms with E-state index in [1.807, 2.05) is 17.7 Å². The van der Waals surface area contributed by atoms with Crippen LogP contribution in [0.3, 0.4) is 0 Å². The van der Waals surface area contributed by atoms with Gasteiger partial charge in [0.1, 0.15) is 0 Å². The average molecular weight is 267 g/mol. The molecule has 1 heterocycles. The molecule has 2 atom stereocenters. The van der Waals surface area contributed by atoms with Crippen LogP contribution < -0.4 is 5.32 Å². The number of hydrogen-bond acceptors (Lipinski definition) is 3. The van der Waals surface area contributed by atoms with Crippen LogP contribution in [0, 0.1) is 12.8 Å². The molecule has 18 heavy (non-hydrogen) atoms. The first-order valence-corrected chi connectivity index (χ1v) is 7.48. The molecule has 2 N–H and O–H groups in total. The number of aliphatic hydroxyl groups is 1. The normalized spacial score (nSPS) is 28.1. The molecule has 3 nitrogen and oxygen atoms in total. The number of thiophene rings is 1. The number of amides is 1. The summed E-state index contributed by atoms with van der Waals surface area (Å²) in [5.74, 6) is 0.476. The third-order valence-electron chi connectivity index (χ3n) is 3.75. The topological polar surface area (TPSA) is 49.3 Å². The molecule has 0 spiro atoms. The molecular formula is C14H21NO2S. The Labute approximate surface area is 112 Å². The van der Waals surface area contributed by atoms with Crippen molar-refractivity contribution in [1.29, 1.82) is 0 Å². The molecule has 1 aliphatic rings. The number of hydrogen-bond donors (Lipinski definition) is 2. The molecule has 1 fully saturated rings. The fourth-order valence-corrected chi connectivity index (χ4v) is 3.55. The largest absolute Gasteiger partial charge is 0.388 e. The van der Waals surface area contributed by atoms with Gasteiger partial charge in [0.05, 0.1) is 11.2 Å². The third kappa shape index (κ3) is 3.12. The molecule has 2 rings (SSSR count). The summed E-state index contributed by atoms with van der Waals surface area (Å²) in [6, 6.07) is 0. The van der Waals surface area contributed by atoms with E-state index in [2.05, 4.69) is 12.2 Å². The van der Waals surface area contributed by atoms with Crippen molar-refractivity contribution in [3.8, 4) is 0 Å². The second kappa shape index (κ2) is 5.41. The molecule has 1 saturated carbocycles. The Morgan fingerprint density at radius 2 is 2.39 bits per heavy atom. The minimum Gasteiger partial charge on any atom is -0.388 e. The Hall–Kier alpha value is -0.870. The lowest BCUT2D eigenvalue weighted by molar-refractivity contribution is -0.0109. The van der Waals surface area contributed by atoms with E-state index in [0.717, 1.165) is 30.4 Å². The summed E-state index contributed by atoms with van der Waals surface area (Å²) in [6.07, 6.45) is 3.81. The van der Waals surface area contributed by atoms with Gasteiger partial charge in [-0.1, -0.05) is 19.8 Å². The molecule has 1 amide bonds. The number of carbonyl (C=O) groups is 1. The molecule has 1 aromatic heterocycles. The monoisotopic (exact) mass is 267 g/mol. The highest BCUT2D eigenvalue weighted by Gasteiger charge is 2.32. The first kappa shape index (κ1) is 13.6. The van der Waals surface area contributed by atoms with Crippen LogP contribution >= 0.6 is 11.3 Å². The van der Waals surface area contributed by atoms with Crippen molar-refractivity contribution in [2.45, 2.75) is 45.1 Å². The van der Waals surface area contributed by atoms with Crippen molar-refractivity contribution < 1.29 is 9.90 Å². The van der Waals surface area contributed by atoms with E-state index in [4.69, 9.17) is 0 Å². The lowest BCUT2D eigenvalue weighted by Crippen LogP contribution is -2.45. The Kier molecular flexibility index (Phi) is 4.07. The van der Waals surface area contributed by atoms with E-state index in [9.17, 15) is 9.90 Å². The summed E-state index contributed by atoms with van der Waals surface area (Å²) < 4.78 is 0. The van der Waals surface area contributed by atoms with Gasteiger partial charge in [0.2, 0.25) is 0 Å². The van der Waals surface area contributed by atoms with Crippen molar-refractivity contribution in [1.82, 2.24) is 5.32 Å². The number of carbonyl (C=O) groups excluding carboxylic acids is 1. The minimum absolute atomic E-state index is 0.0691. The predicted octanol–water partition coefficient (Wildman–Crippen LogP) is 2.73. The second-order valence-electron chi connectivity index (χ2n) is 5.58. The second-order valence-corrected chi connectivity index (χ2v) is 6.32. The Morgan fingerprint density at radius 1 is 1.61 bits per heavy atom. The lowest BCUT2D eigenvalue weighted by Gasteiger charge is -2.35. The maximum atomic E-state index is 12.0. The molecule has 0 saturated heterocycles. The van der Waals surface area contributed by atoms with Crippen LogP contribution in [0.25, 0.3) is 0 Å². The molecule has 0 aliphatic heterocycles. The Morgan fingerprint density at radius 3 is 3.00 bits per heavy atom. The van der Waals surface area contributed by atoms with Crippen LogP contribution in [-0.4, -0.2) is 23.2 Å². The van der Waals surface area contributed by atoms with Gasteiger partial charge >= 0.3 is 0 Å². The van der Waals surface area contributed by atoms with Gasteiger partial charge in [0, 0.05) is 11.9 Å². The van der Waals surface area contributed by atoms with E-state index in [1.165, 1.54) is 17.8 Å². The van der Waals surface area contributed by atoms with Crippen LogP contribution in [0.15, 0.2) is 10.8 Å². The molecule has 1 aliphatic carbocycles. The van der Waals surface area contributed by atoms with Gasteiger partial charge < -0.3 is 10.4 Å². The molecule has 0 radical (unpaired) electrons. The van der Waals surface area contributed by atoms with Crippen molar-refractivity contribution in [3.63, 3.8) is 0 Å². The highest BCUT2D eigenvalue weighted by atomic mass is 32.1. The van der Waals surface area contributed by atoms with Gasteiger partial charge in [-0.05, 0) is 36.6 Å². The SMILES string of the molecule is Cc1cscc1C(=O)NCC1(O)CCCC(C)C1. The first-order valence-electron chi connectivity index (χ1n) is 6.53. The summed E-state index contributed by atoms with van der Waals surface area (Å²) in [5.41, 5.74) is 1.02. The molecule has 1 aromatic rings. The van der Waals surface area contributed by atoms with E-state index in [-0.39, 0.29) is 5.91 Å². The number of aryl methyl sites for hydroxylation is 1. The summed E-state index contributed by atoms with van der Waals surface area (Å²) >= 11 is 1.53. The maximum Gasteiger partial charge on any atom is 0.252 e. The van der Waals surface area contributed by atoms with Gasteiger partial charge in [-0.15, -0.1) is 0 Å². The van der Waals surface area contributed by atoms with E-state index >= 15 is 0 Å². The van der Waals surface area contributed by atoms with E-state index < -0.39 is 5.60 Å². The molecule has 100 valence electrons. The van der Waals surface area contributed by atoms with Gasteiger partial charge in [0.25, 0.3) is 5.91 Å². The van der Waals surface area contributed by atoms with Crippen molar-refractivity contribution in [2.75, 3.05) is 6.54 Å². The van der Waals surface area contributed by atoms with Gasteiger partial charge in [-0.3, -0.25) is 4.79 Å². The van der Waals surface area contributed by atoms with E-state index in [0.29, 0.717) is 12.5 Å². The number of nitrogens with one attached hydrogen (secondary N) is 1. The van der Waals surface area contributed by atoms with Crippen LogP contribution in [0.4, 0.5) is 0 Å². The van der Waals surface area contributed by atoms with Crippen LogP contribution in [-0.2, 0) is 0 Å². The van der Waals surface area contributed by atoms with Crippen molar-refractivity contribution in [3.05, 3.63) is 21.9 Å². The molecule has 4 heteroatoms. The summed E-state index contributed by atoms with van der Waals surface area (Å²) in [7, 11) is 0. The molecular weight excluding hydrogens is 246 g/mol. The predicted molar refractivity (Wildman–Crippen MR) is 74.0 cm³/mol. The standard InChI is InChI=1S/C14H21NO2S/c1-10-4-3-5-14(17,6-10)9-15-13(16)12-8-18-7-11(12)2/h7-8,10,17H,3-6,9H2,1-2H3,(H,15,16). The first-order chi connectivity index (χ1) is 8.50. The van der Waals surface area contributed by atoms with Gasteiger partial charge in [-0.25, -0.2) is 0 Å². The van der Waals surface area contributed by atoms with Crippen molar-refractivity contribution >= 4 is 17.2 Å². The van der Waals surface area contributed by atoms with Crippen LogP contribution in [0.1, 0.15) is 48.5 Å². The number of rotatable bonds is 3. The highest BCUT2D eigenvalue weighted by Crippen LogP contribution is 2.31. The summed E-state index contributed by atoms with van der Waals surface area (Å²) in [6.45, 7) is 4.46. The fourth-order valence-electron chi connectivity index (χ4n) is 2.73. The minimum atomic E-state index is -0.711. The smallest absolute Gasteiger partial charge is 0.252 e. The van der Waals surface area contributed by atoms with Crippen LogP contribution in [0.2, 0.25) is 0 Å². The Balaban J connectivity index is 1.91. The molecule has 0 bridgehead atoms. The van der Waals surface area contributed by atoms with Gasteiger partial charge in [-0.2, -0.15) is 11.3 Å². The third-order valence-corrected chi connectivity index (χ3v) is 4.61. The quantitative estimate of drug-likeness (QED) is 0.884. The lowest BCUT2D eigenvalue weighted by atomic mass is 9.79. The average Bonchev–Trinajstić information content (AvgIpc) is 2.72. The highest BCUT2D eigenvalue weighted by molar-refractivity contribution is 7.08.